The average Bonchev–Trinajstić information content (AvgIpc) is 3.22. The average molecular weight is 464 g/mol. The third kappa shape index (κ3) is 4.84. The molecule has 0 aliphatic heterocycles. The number of halogens is 1. The molecule has 0 bridgehead atoms. The van der Waals surface area contributed by atoms with Gasteiger partial charge in [0.2, 0.25) is 0 Å². The second-order valence-corrected chi connectivity index (χ2v) is 9.90. The molecule has 0 spiro atoms. The first-order chi connectivity index (χ1) is 15.4. The van der Waals surface area contributed by atoms with Crippen LogP contribution in [0.15, 0.2) is 78.0 Å². The third-order valence-corrected chi connectivity index (χ3v) is 6.63. The summed E-state index contributed by atoms with van der Waals surface area (Å²) in [5.74, 6) is 2.32. The van der Waals surface area contributed by atoms with Crippen molar-refractivity contribution < 1.29 is 4.74 Å². The van der Waals surface area contributed by atoms with Crippen molar-refractivity contribution in [2.75, 3.05) is 7.11 Å². The van der Waals surface area contributed by atoms with Gasteiger partial charge in [0.25, 0.3) is 0 Å². The minimum absolute atomic E-state index is 0.0954. The number of aromatic nitrogens is 3. The van der Waals surface area contributed by atoms with Crippen molar-refractivity contribution in [1.29, 1.82) is 0 Å². The van der Waals surface area contributed by atoms with Crippen LogP contribution in [-0.2, 0) is 11.2 Å². The van der Waals surface area contributed by atoms with E-state index in [1.54, 1.807) is 18.9 Å². The van der Waals surface area contributed by atoms with Gasteiger partial charge >= 0.3 is 0 Å². The van der Waals surface area contributed by atoms with Crippen molar-refractivity contribution in [3.8, 4) is 22.8 Å². The number of benzene rings is 3. The van der Waals surface area contributed by atoms with Gasteiger partial charge in [-0.25, -0.2) is 0 Å². The van der Waals surface area contributed by atoms with Gasteiger partial charge in [0.1, 0.15) is 5.75 Å². The van der Waals surface area contributed by atoms with E-state index in [2.05, 4.69) is 59.8 Å². The summed E-state index contributed by atoms with van der Waals surface area (Å²) < 4.78 is 7.43. The molecule has 0 radical (unpaired) electrons. The topological polar surface area (TPSA) is 39.9 Å². The van der Waals surface area contributed by atoms with Gasteiger partial charge in [-0.2, -0.15) is 0 Å². The quantitative estimate of drug-likeness (QED) is 0.284. The Morgan fingerprint density at radius 2 is 1.59 bits per heavy atom. The molecular weight excluding hydrogens is 438 g/mol. The molecule has 4 aromatic rings. The molecule has 32 heavy (non-hydrogen) atoms. The van der Waals surface area contributed by atoms with Gasteiger partial charge in [-0.3, -0.25) is 4.57 Å². The Balaban J connectivity index is 1.73. The summed E-state index contributed by atoms with van der Waals surface area (Å²) in [5, 5.41) is 10.7. The van der Waals surface area contributed by atoms with Crippen LogP contribution in [0.3, 0.4) is 0 Å². The lowest BCUT2D eigenvalue weighted by atomic mass is 9.87. The second kappa shape index (κ2) is 9.39. The number of methoxy groups -OCH3 is 1. The molecule has 0 amide bonds. The predicted octanol–water partition coefficient (Wildman–Crippen LogP) is 7.19. The maximum absolute atomic E-state index is 6.36. The van der Waals surface area contributed by atoms with E-state index in [1.807, 2.05) is 48.5 Å². The number of hydrogen-bond acceptors (Lipinski definition) is 4. The highest BCUT2D eigenvalue weighted by Crippen LogP contribution is 2.33. The minimum Gasteiger partial charge on any atom is -0.497 e. The fourth-order valence-electron chi connectivity index (χ4n) is 3.39. The first-order valence-corrected chi connectivity index (χ1v) is 11.8. The lowest BCUT2D eigenvalue weighted by Gasteiger charge is -2.19. The molecule has 0 atom stereocenters. The van der Waals surface area contributed by atoms with E-state index >= 15 is 0 Å². The highest BCUT2D eigenvalue weighted by molar-refractivity contribution is 7.98. The van der Waals surface area contributed by atoms with Crippen molar-refractivity contribution in [3.05, 3.63) is 88.9 Å². The van der Waals surface area contributed by atoms with Gasteiger partial charge in [-0.15, -0.1) is 10.2 Å². The molecule has 4 rings (SSSR count). The molecule has 0 aliphatic rings. The van der Waals surface area contributed by atoms with E-state index < -0.39 is 0 Å². The number of rotatable bonds is 6. The van der Waals surface area contributed by atoms with E-state index in [0.29, 0.717) is 5.75 Å². The molecule has 1 aromatic heterocycles. The molecule has 0 aliphatic carbocycles. The normalized spacial score (nSPS) is 11.5. The van der Waals surface area contributed by atoms with Crippen LogP contribution in [0.25, 0.3) is 17.1 Å². The van der Waals surface area contributed by atoms with Crippen molar-refractivity contribution in [3.63, 3.8) is 0 Å². The fourth-order valence-corrected chi connectivity index (χ4v) is 4.63. The fraction of sp³-hybridized carbons (Fsp3) is 0.231. The molecule has 164 valence electrons. The molecule has 3 aromatic carbocycles. The molecule has 0 saturated carbocycles. The van der Waals surface area contributed by atoms with E-state index in [0.717, 1.165) is 38.6 Å². The Kier molecular flexibility index (Phi) is 6.58. The largest absolute Gasteiger partial charge is 0.497 e. The Hall–Kier alpha value is -2.76. The van der Waals surface area contributed by atoms with Crippen molar-refractivity contribution >= 4 is 23.4 Å². The van der Waals surface area contributed by atoms with Crippen LogP contribution in [0.2, 0.25) is 5.02 Å². The van der Waals surface area contributed by atoms with E-state index in [-0.39, 0.29) is 5.41 Å². The van der Waals surface area contributed by atoms with Gasteiger partial charge < -0.3 is 4.74 Å². The number of hydrogen-bond donors (Lipinski definition) is 0. The van der Waals surface area contributed by atoms with Crippen molar-refractivity contribution in [2.24, 2.45) is 0 Å². The van der Waals surface area contributed by atoms with Gasteiger partial charge in [0, 0.05) is 22.0 Å². The Morgan fingerprint density at radius 3 is 2.22 bits per heavy atom. The van der Waals surface area contributed by atoms with Gasteiger partial charge in [0.05, 0.1) is 7.11 Å². The smallest absolute Gasteiger partial charge is 0.196 e. The Bertz CT molecular complexity index is 1200. The lowest BCUT2D eigenvalue weighted by molar-refractivity contribution is 0.414. The van der Waals surface area contributed by atoms with Crippen LogP contribution in [0.1, 0.15) is 31.9 Å². The Labute approximate surface area is 198 Å². The third-order valence-electron chi connectivity index (χ3n) is 5.29. The highest BCUT2D eigenvalue weighted by atomic mass is 35.5. The SMILES string of the molecule is COc1ccc(-n2c(SCc3ccccc3Cl)nnc2-c2ccc(C(C)(C)C)cc2)cc1. The summed E-state index contributed by atoms with van der Waals surface area (Å²) in [6.07, 6.45) is 0. The van der Waals surface area contributed by atoms with Gasteiger partial charge in [0.15, 0.2) is 11.0 Å². The van der Waals surface area contributed by atoms with Crippen molar-refractivity contribution in [2.45, 2.75) is 37.1 Å². The standard InChI is InChI=1S/C26H26ClN3OS/c1-26(2,3)20-11-9-18(10-12-20)24-28-29-25(32-17-19-7-5-6-8-23(19)27)30(24)21-13-15-22(31-4)16-14-21/h5-16H,17H2,1-4H3. The maximum atomic E-state index is 6.36. The Morgan fingerprint density at radius 1 is 0.906 bits per heavy atom. The number of thioether (sulfide) groups is 1. The molecule has 0 unspecified atom stereocenters. The molecule has 0 fully saturated rings. The second-order valence-electron chi connectivity index (χ2n) is 8.55. The summed E-state index contributed by atoms with van der Waals surface area (Å²) >= 11 is 7.98. The van der Waals surface area contributed by atoms with Crippen LogP contribution in [0, 0.1) is 0 Å². The summed E-state index contributed by atoms with van der Waals surface area (Å²) in [5.41, 5.74) is 4.45. The highest BCUT2D eigenvalue weighted by Gasteiger charge is 2.18. The minimum atomic E-state index is 0.0954. The first-order valence-electron chi connectivity index (χ1n) is 10.4. The zero-order valence-corrected chi connectivity index (χ0v) is 20.2. The molecule has 0 N–H and O–H groups in total. The van der Waals surface area contributed by atoms with Crippen LogP contribution in [0.4, 0.5) is 0 Å². The summed E-state index contributed by atoms with van der Waals surface area (Å²) in [4.78, 5) is 0. The first kappa shape index (κ1) is 22.4. The van der Waals surface area contributed by atoms with Crippen LogP contribution < -0.4 is 4.74 Å². The van der Waals surface area contributed by atoms with Crippen LogP contribution in [0.5, 0.6) is 5.75 Å². The zero-order chi connectivity index (χ0) is 22.7. The van der Waals surface area contributed by atoms with Gasteiger partial charge in [-0.1, -0.05) is 86.6 Å². The predicted molar refractivity (Wildman–Crippen MR) is 133 cm³/mol. The van der Waals surface area contributed by atoms with E-state index in [4.69, 9.17) is 16.3 Å². The summed E-state index contributed by atoms with van der Waals surface area (Å²) in [7, 11) is 1.67. The lowest BCUT2D eigenvalue weighted by Crippen LogP contribution is -2.10. The maximum Gasteiger partial charge on any atom is 0.196 e. The van der Waals surface area contributed by atoms with Crippen LogP contribution in [-0.4, -0.2) is 21.9 Å². The van der Waals surface area contributed by atoms with E-state index in [9.17, 15) is 0 Å². The number of ether oxygens (including phenoxy) is 1. The van der Waals surface area contributed by atoms with Crippen LogP contribution >= 0.6 is 23.4 Å². The monoisotopic (exact) mass is 463 g/mol. The summed E-state index contributed by atoms with van der Waals surface area (Å²) in [6, 6.07) is 24.4. The molecule has 1 heterocycles. The molecule has 6 heteroatoms. The van der Waals surface area contributed by atoms with Gasteiger partial charge in [-0.05, 0) is 46.9 Å². The number of nitrogens with zero attached hydrogens (tertiary/aromatic N) is 3. The molecular formula is C26H26ClN3OS. The van der Waals surface area contributed by atoms with E-state index in [1.165, 1.54) is 5.56 Å². The molecule has 0 saturated heterocycles. The zero-order valence-electron chi connectivity index (χ0n) is 18.7. The molecule has 4 nitrogen and oxygen atoms in total. The van der Waals surface area contributed by atoms with Crippen molar-refractivity contribution in [1.82, 2.24) is 14.8 Å². The summed E-state index contributed by atoms with van der Waals surface area (Å²) in [6.45, 7) is 6.64.